The smallest absolute Gasteiger partial charge is 0.379 e. The molecule has 0 fully saturated rings. The molecule has 0 aliphatic heterocycles. The van der Waals surface area contributed by atoms with Gasteiger partial charge in [0.1, 0.15) is 0 Å². The second-order valence-corrected chi connectivity index (χ2v) is 3.19. The summed E-state index contributed by atoms with van der Waals surface area (Å²) in [6, 6.07) is 2.97. The average Bonchev–Trinajstić information content (AvgIpc) is 2.29. The number of ether oxygens (including phenoxy) is 1. The van der Waals surface area contributed by atoms with Crippen molar-refractivity contribution in [1.29, 1.82) is 0 Å². The molecule has 0 aliphatic carbocycles. The Kier molecular flexibility index (Phi) is 3.97. The molecule has 1 rings (SSSR count). The van der Waals surface area contributed by atoms with Gasteiger partial charge in [0.05, 0.1) is 6.10 Å². The van der Waals surface area contributed by atoms with Crippen LogP contribution in [-0.4, -0.2) is 22.8 Å². The topological polar surface area (TPSA) is 56.3 Å². The highest BCUT2D eigenvalue weighted by molar-refractivity contribution is 6.40. The molecule has 15 heavy (non-hydrogen) atoms. The average molecular weight is 207 g/mol. The maximum Gasteiger partial charge on any atom is 0.379 e. The Morgan fingerprint density at radius 1 is 1.40 bits per heavy atom. The normalized spacial score (nSPS) is 11.9. The molecule has 1 heterocycles. The van der Waals surface area contributed by atoms with Crippen LogP contribution in [0.5, 0.6) is 0 Å². The lowest BCUT2D eigenvalue weighted by molar-refractivity contribution is -0.142. The zero-order chi connectivity index (χ0) is 11.3. The minimum Gasteiger partial charge on any atom is -0.457 e. The molecule has 0 bridgehead atoms. The highest BCUT2D eigenvalue weighted by atomic mass is 16.5. The molecular formula is C11H13NO3. The van der Waals surface area contributed by atoms with E-state index in [0.29, 0.717) is 12.0 Å². The summed E-state index contributed by atoms with van der Waals surface area (Å²) in [5.74, 6) is -1.44. The van der Waals surface area contributed by atoms with Gasteiger partial charge in [0.2, 0.25) is 0 Å². The van der Waals surface area contributed by atoms with Gasteiger partial charge in [-0.25, -0.2) is 4.79 Å². The van der Waals surface area contributed by atoms with Gasteiger partial charge >= 0.3 is 5.97 Å². The molecule has 0 aliphatic rings. The largest absolute Gasteiger partial charge is 0.457 e. The van der Waals surface area contributed by atoms with Gasteiger partial charge in [-0.2, -0.15) is 0 Å². The fourth-order valence-corrected chi connectivity index (χ4v) is 0.941. The molecule has 0 N–H and O–H groups in total. The van der Waals surface area contributed by atoms with Crippen molar-refractivity contribution in [3.8, 4) is 0 Å². The lowest BCUT2D eigenvalue weighted by Gasteiger charge is -2.09. The van der Waals surface area contributed by atoms with Crippen molar-refractivity contribution in [2.75, 3.05) is 0 Å². The van der Waals surface area contributed by atoms with Gasteiger partial charge in [0.15, 0.2) is 0 Å². The highest BCUT2D eigenvalue weighted by Crippen LogP contribution is 2.03. The SMILES string of the molecule is CCC(C)OC(=O)C(=O)c1ccncc1. The molecule has 0 spiro atoms. The van der Waals surface area contributed by atoms with Crippen molar-refractivity contribution >= 4 is 11.8 Å². The van der Waals surface area contributed by atoms with Crippen molar-refractivity contribution < 1.29 is 14.3 Å². The van der Waals surface area contributed by atoms with E-state index in [-0.39, 0.29) is 6.10 Å². The molecule has 0 saturated heterocycles. The molecule has 1 unspecified atom stereocenters. The van der Waals surface area contributed by atoms with E-state index >= 15 is 0 Å². The van der Waals surface area contributed by atoms with E-state index in [2.05, 4.69) is 4.98 Å². The quantitative estimate of drug-likeness (QED) is 0.427. The standard InChI is InChI=1S/C11H13NO3/c1-3-8(2)15-11(14)10(13)9-4-6-12-7-5-9/h4-8H,3H2,1-2H3. The van der Waals surface area contributed by atoms with Crippen molar-refractivity contribution in [3.63, 3.8) is 0 Å². The maximum atomic E-state index is 11.5. The first-order valence-electron chi connectivity index (χ1n) is 4.80. The number of pyridine rings is 1. The summed E-state index contributed by atoms with van der Waals surface area (Å²) in [5.41, 5.74) is 0.304. The van der Waals surface area contributed by atoms with Crippen LogP contribution in [0.1, 0.15) is 30.6 Å². The van der Waals surface area contributed by atoms with Crippen LogP contribution < -0.4 is 0 Å². The predicted molar refractivity (Wildman–Crippen MR) is 54.4 cm³/mol. The van der Waals surface area contributed by atoms with E-state index in [1.807, 2.05) is 6.92 Å². The van der Waals surface area contributed by atoms with E-state index in [9.17, 15) is 9.59 Å². The van der Waals surface area contributed by atoms with Crippen LogP contribution in [0.3, 0.4) is 0 Å². The van der Waals surface area contributed by atoms with Crippen molar-refractivity contribution in [1.82, 2.24) is 4.98 Å². The number of carbonyl (C=O) groups is 2. The number of carbonyl (C=O) groups excluding carboxylic acids is 2. The highest BCUT2D eigenvalue weighted by Gasteiger charge is 2.19. The molecule has 0 saturated carbocycles. The molecule has 1 aromatic rings. The number of esters is 1. The second-order valence-electron chi connectivity index (χ2n) is 3.19. The van der Waals surface area contributed by atoms with Crippen LogP contribution in [0.2, 0.25) is 0 Å². The van der Waals surface area contributed by atoms with E-state index in [1.165, 1.54) is 24.5 Å². The summed E-state index contributed by atoms with van der Waals surface area (Å²) in [6.45, 7) is 3.63. The first-order valence-corrected chi connectivity index (χ1v) is 4.80. The van der Waals surface area contributed by atoms with Crippen LogP contribution in [0.4, 0.5) is 0 Å². The zero-order valence-electron chi connectivity index (χ0n) is 8.77. The lowest BCUT2D eigenvalue weighted by atomic mass is 10.2. The van der Waals surface area contributed by atoms with E-state index in [0.717, 1.165) is 0 Å². The molecular weight excluding hydrogens is 194 g/mol. The van der Waals surface area contributed by atoms with Gasteiger partial charge in [-0.3, -0.25) is 9.78 Å². The number of ketones is 1. The van der Waals surface area contributed by atoms with E-state index < -0.39 is 11.8 Å². The summed E-state index contributed by atoms with van der Waals surface area (Å²) >= 11 is 0. The lowest BCUT2D eigenvalue weighted by Crippen LogP contribution is -2.22. The number of rotatable bonds is 4. The molecule has 80 valence electrons. The van der Waals surface area contributed by atoms with Crippen molar-refractivity contribution in [2.24, 2.45) is 0 Å². The molecule has 0 radical (unpaired) electrons. The Labute approximate surface area is 88.3 Å². The molecule has 4 nitrogen and oxygen atoms in total. The van der Waals surface area contributed by atoms with Gasteiger partial charge in [-0.1, -0.05) is 6.92 Å². The fourth-order valence-electron chi connectivity index (χ4n) is 0.941. The summed E-state index contributed by atoms with van der Waals surface area (Å²) in [5, 5.41) is 0. The maximum absolute atomic E-state index is 11.5. The summed E-state index contributed by atoms with van der Waals surface area (Å²) in [6.07, 6.45) is 3.38. The molecule has 1 aromatic heterocycles. The molecule has 1 atom stereocenters. The Hall–Kier alpha value is -1.71. The third kappa shape index (κ3) is 3.16. The van der Waals surface area contributed by atoms with Gasteiger partial charge in [0.25, 0.3) is 5.78 Å². The van der Waals surface area contributed by atoms with Crippen LogP contribution in [0.15, 0.2) is 24.5 Å². The molecule has 4 heteroatoms. The van der Waals surface area contributed by atoms with Crippen LogP contribution in [0.25, 0.3) is 0 Å². The van der Waals surface area contributed by atoms with E-state index in [4.69, 9.17) is 4.74 Å². The van der Waals surface area contributed by atoms with Crippen LogP contribution >= 0.6 is 0 Å². The monoisotopic (exact) mass is 207 g/mol. The first kappa shape index (κ1) is 11.4. The number of Topliss-reactive ketones (excluding diaryl/α,β-unsaturated/α-hetero) is 1. The first-order chi connectivity index (χ1) is 7.15. The number of hydrogen-bond donors (Lipinski definition) is 0. The second kappa shape index (κ2) is 5.24. The van der Waals surface area contributed by atoms with Gasteiger partial charge in [0, 0.05) is 18.0 Å². The number of nitrogens with zero attached hydrogens (tertiary/aromatic N) is 1. The third-order valence-corrected chi connectivity index (χ3v) is 2.01. The van der Waals surface area contributed by atoms with Crippen molar-refractivity contribution in [3.05, 3.63) is 30.1 Å². The van der Waals surface area contributed by atoms with Crippen LogP contribution in [0, 0.1) is 0 Å². The Morgan fingerprint density at radius 2 is 2.00 bits per heavy atom. The summed E-state index contributed by atoms with van der Waals surface area (Å²) < 4.78 is 4.91. The number of aromatic nitrogens is 1. The Morgan fingerprint density at radius 3 is 2.53 bits per heavy atom. The Bertz CT molecular complexity index is 348. The zero-order valence-corrected chi connectivity index (χ0v) is 8.77. The molecule has 0 amide bonds. The summed E-state index contributed by atoms with van der Waals surface area (Å²) in [4.78, 5) is 26.6. The summed E-state index contributed by atoms with van der Waals surface area (Å²) in [7, 11) is 0. The van der Waals surface area contributed by atoms with Gasteiger partial charge in [-0.15, -0.1) is 0 Å². The third-order valence-electron chi connectivity index (χ3n) is 2.01. The van der Waals surface area contributed by atoms with Gasteiger partial charge in [-0.05, 0) is 25.5 Å². The molecule has 0 aromatic carbocycles. The Balaban J connectivity index is 2.66. The number of hydrogen-bond acceptors (Lipinski definition) is 4. The van der Waals surface area contributed by atoms with Crippen molar-refractivity contribution in [2.45, 2.75) is 26.4 Å². The predicted octanol–water partition coefficient (Wildman–Crippen LogP) is 1.61. The van der Waals surface area contributed by atoms with Gasteiger partial charge < -0.3 is 4.74 Å². The van der Waals surface area contributed by atoms with Crippen LogP contribution in [-0.2, 0) is 9.53 Å². The fraction of sp³-hybridized carbons (Fsp3) is 0.364. The minimum atomic E-state index is -0.810. The van der Waals surface area contributed by atoms with E-state index in [1.54, 1.807) is 6.92 Å². The minimum absolute atomic E-state index is 0.233.